The molecule has 5 nitrogen and oxygen atoms in total. The average molecular weight is 170 g/mol. The fraction of sp³-hybridized carbons (Fsp3) is 0.286. The lowest BCUT2D eigenvalue weighted by Crippen LogP contribution is -2.31. The van der Waals surface area contributed by atoms with Gasteiger partial charge in [-0.3, -0.25) is 0 Å². The molecule has 0 saturated carbocycles. The highest BCUT2D eigenvalue weighted by Gasteiger charge is 2.14. The van der Waals surface area contributed by atoms with Gasteiger partial charge in [0.1, 0.15) is 5.71 Å². The van der Waals surface area contributed by atoms with Crippen molar-refractivity contribution in [3.8, 4) is 0 Å². The van der Waals surface area contributed by atoms with Gasteiger partial charge in [0.15, 0.2) is 5.76 Å². The van der Waals surface area contributed by atoms with E-state index >= 15 is 0 Å². The van der Waals surface area contributed by atoms with Gasteiger partial charge in [-0.05, 0) is 19.1 Å². The average Bonchev–Trinajstić information content (AvgIpc) is 2.58. The van der Waals surface area contributed by atoms with E-state index in [1.54, 1.807) is 19.1 Å². The second kappa shape index (κ2) is 3.89. The van der Waals surface area contributed by atoms with Crippen molar-refractivity contribution in [3.63, 3.8) is 0 Å². The van der Waals surface area contributed by atoms with Gasteiger partial charge >= 0.3 is 0 Å². The van der Waals surface area contributed by atoms with Gasteiger partial charge in [-0.25, -0.2) is 0 Å². The van der Waals surface area contributed by atoms with Crippen LogP contribution in [0.15, 0.2) is 28.0 Å². The van der Waals surface area contributed by atoms with E-state index in [1.165, 1.54) is 6.26 Å². The summed E-state index contributed by atoms with van der Waals surface area (Å²) >= 11 is 0. The number of hydroxylamine groups is 1. The molecule has 0 aliphatic rings. The normalized spacial score (nSPS) is 14.7. The lowest BCUT2D eigenvalue weighted by molar-refractivity contribution is 0.153. The standard InChI is InChI=1S/C7H10N2O3/c1-5(8-10)7(9-11)6-3-2-4-12-6/h2-5,8,10-11H,1H3/b9-7-/t5-/m1/s1. The Hall–Kier alpha value is -1.33. The summed E-state index contributed by atoms with van der Waals surface area (Å²) in [4.78, 5) is 0. The first-order valence-electron chi connectivity index (χ1n) is 3.45. The second-order valence-electron chi connectivity index (χ2n) is 2.31. The Balaban J connectivity index is 2.85. The zero-order valence-corrected chi connectivity index (χ0v) is 6.56. The van der Waals surface area contributed by atoms with Gasteiger partial charge in [0, 0.05) is 0 Å². The number of hydrogen-bond donors (Lipinski definition) is 3. The van der Waals surface area contributed by atoms with Gasteiger partial charge in [-0.15, -0.1) is 0 Å². The van der Waals surface area contributed by atoms with E-state index in [9.17, 15) is 0 Å². The summed E-state index contributed by atoms with van der Waals surface area (Å²) in [6.07, 6.45) is 1.46. The third kappa shape index (κ3) is 1.63. The summed E-state index contributed by atoms with van der Waals surface area (Å²) in [5.74, 6) is 0.423. The van der Waals surface area contributed by atoms with Crippen molar-refractivity contribution in [2.45, 2.75) is 13.0 Å². The maximum absolute atomic E-state index is 8.58. The number of nitrogens with one attached hydrogen (secondary N) is 1. The van der Waals surface area contributed by atoms with Gasteiger partial charge in [-0.1, -0.05) is 5.16 Å². The van der Waals surface area contributed by atoms with Crippen molar-refractivity contribution < 1.29 is 14.8 Å². The van der Waals surface area contributed by atoms with E-state index in [1.807, 2.05) is 5.48 Å². The molecule has 3 N–H and O–H groups in total. The van der Waals surface area contributed by atoms with Crippen LogP contribution in [0.25, 0.3) is 0 Å². The van der Waals surface area contributed by atoms with Gasteiger partial charge in [0.2, 0.25) is 0 Å². The maximum atomic E-state index is 8.58. The van der Waals surface area contributed by atoms with Crippen LogP contribution >= 0.6 is 0 Å². The summed E-state index contributed by atoms with van der Waals surface area (Å²) in [5.41, 5.74) is 2.21. The summed E-state index contributed by atoms with van der Waals surface area (Å²) in [6.45, 7) is 1.64. The molecule has 66 valence electrons. The van der Waals surface area contributed by atoms with Crippen LogP contribution in [-0.2, 0) is 0 Å². The Morgan fingerprint density at radius 1 is 1.75 bits per heavy atom. The molecule has 0 fully saturated rings. The van der Waals surface area contributed by atoms with E-state index in [4.69, 9.17) is 14.8 Å². The molecule has 0 unspecified atom stereocenters. The minimum Gasteiger partial charge on any atom is -0.463 e. The molecule has 1 rings (SSSR count). The highest BCUT2D eigenvalue weighted by molar-refractivity contribution is 6.01. The molecule has 0 spiro atoms. The van der Waals surface area contributed by atoms with Crippen LogP contribution in [0.1, 0.15) is 12.7 Å². The largest absolute Gasteiger partial charge is 0.463 e. The van der Waals surface area contributed by atoms with Crippen LogP contribution < -0.4 is 5.48 Å². The topological polar surface area (TPSA) is 78.0 Å². The maximum Gasteiger partial charge on any atom is 0.153 e. The molecule has 1 aromatic rings. The monoisotopic (exact) mass is 170 g/mol. The number of furan rings is 1. The molecule has 5 heteroatoms. The van der Waals surface area contributed by atoms with Crippen LogP contribution in [-0.4, -0.2) is 22.2 Å². The number of nitrogens with zero attached hydrogens (tertiary/aromatic N) is 1. The van der Waals surface area contributed by atoms with E-state index < -0.39 is 6.04 Å². The lowest BCUT2D eigenvalue weighted by atomic mass is 10.2. The lowest BCUT2D eigenvalue weighted by Gasteiger charge is -2.07. The van der Waals surface area contributed by atoms with Crippen molar-refractivity contribution in [3.05, 3.63) is 24.2 Å². The third-order valence-electron chi connectivity index (χ3n) is 1.49. The summed E-state index contributed by atoms with van der Waals surface area (Å²) in [5, 5.41) is 20.1. The van der Waals surface area contributed by atoms with Gasteiger partial charge in [0.25, 0.3) is 0 Å². The molecule has 1 heterocycles. The van der Waals surface area contributed by atoms with Gasteiger partial charge in [-0.2, -0.15) is 5.48 Å². The smallest absolute Gasteiger partial charge is 0.153 e. The fourth-order valence-electron chi connectivity index (χ4n) is 0.835. The van der Waals surface area contributed by atoms with E-state index in [-0.39, 0.29) is 5.71 Å². The quantitative estimate of drug-likeness (QED) is 0.356. The molecular formula is C7H10N2O3. The van der Waals surface area contributed by atoms with Crippen LogP contribution in [0, 0.1) is 0 Å². The summed E-state index contributed by atoms with van der Waals surface area (Å²) in [6, 6.07) is 2.84. The Kier molecular flexibility index (Phi) is 2.84. The van der Waals surface area contributed by atoms with E-state index in [2.05, 4.69) is 5.16 Å². The molecular weight excluding hydrogens is 160 g/mol. The molecule has 1 aromatic heterocycles. The molecule has 12 heavy (non-hydrogen) atoms. The van der Waals surface area contributed by atoms with Crippen molar-refractivity contribution in [2.24, 2.45) is 5.16 Å². The Morgan fingerprint density at radius 3 is 2.92 bits per heavy atom. The molecule has 0 saturated heterocycles. The van der Waals surface area contributed by atoms with Crippen molar-refractivity contribution in [1.29, 1.82) is 0 Å². The van der Waals surface area contributed by atoms with Crippen LogP contribution in [0.4, 0.5) is 0 Å². The fourth-order valence-corrected chi connectivity index (χ4v) is 0.835. The van der Waals surface area contributed by atoms with Crippen molar-refractivity contribution >= 4 is 5.71 Å². The SMILES string of the molecule is C[C@@H](NO)/C(=N/O)c1ccco1. The van der Waals surface area contributed by atoms with Gasteiger partial charge in [0.05, 0.1) is 12.3 Å². The Bertz CT molecular complexity index is 256. The van der Waals surface area contributed by atoms with E-state index in [0.29, 0.717) is 5.76 Å². The Morgan fingerprint density at radius 2 is 2.50 bits per heavy atom. The summed E-state index contributed by atoms with van der Waals surface area (Å²) in [7, 11) is 0. The highest BCUT2D eigenvalue weighted by Crippen LogP contribution is 2.05. The first kappa shape index (κ1) is 8.76. The second-order valence-corrected chi connectivity index (χ2v) is 2.31. The number of hydrogen-bond acceptors (Lipinski definition) is 5. The van der Waals surface area contributed by atoms with Crippen molar-refractivity contribution in [1.82, 2.24) is 5.48 Å². The molecule has 0 amide bonds. The number of oxime groups is 1. The molecule has 0 radical (unpaired) electrons. The molecule has 0 bridgehead atoms. The Labute approximate surface area is 69.3 Å². The highest BCUT2D eigenvalue weighted by atomic mass is 16.5. The molecule has 1 atom stereocenters. The molecule has 0 aromatic carbocycles. The summed E-state index contributed by atoms with van der Waals surface area (Å²) < 4.78 is 4.97. The predicted octanol–water partition coefficient (Wildman–Crippen LogP) is 0.825. The van der Waals surface area contributed by atoms with Crippen LogP contribution in [0.3, 0.4) is 0 Å². The number of rotatable bonds is 3. The third-order valence-corrected chi connectivity index (χ3v) is 1.49. The van der Waals surface area contributed by atoms with Crippen molar-refractivity contribution in [2.75, 3.05) is 0 Å². The molecule has 0 aliphatic heterocycles. The first-order chi connectivity index (χ1) is 5.79. The minimum absolute atomic E-state index is 0.252. The van der Waals surface area contributed by atoms with Crippen LogP contribution in [0.5, 0.6) is 0 Å². The zero-order valence-electron chi connectivity index (χ0n) is 6.56. The van der Waals surface area contributed by atoms with Gasteiger partial charge < -0.3 is 14.8 Å². The minimum atomic E-state index is -0.471. The molecule has 0 aliphatic carbocycles. The first-order valence-corrected chi connectivity index (χ1v) is 3.45. The predicted molar refractivity (Wildman–Crippen MR) is 41.4 cm³/mol. The van der Waals surface area contributed by atoms with Crippen LogP contribution in [0.2, 0.25) is 0 Å². The zero-order chi connectivity index (χ0) is 8.97. The van der Waals surface area contributed by atoms with E-state index in [0.717, 1.165) is 0 Å².